The third-order valence-corrected chi connectivity index (χ3v) is 4.67. The third kappa shape index (κ3) is 3.29. The zero-order chi connectivity index (χ0) is 15.5. The van der Waals surface area contributed by atoms with Crippen LogP contribution in [0.2, 0.25) is 0 Å². The van der Waals surface area contributed by atoms with E-state index in [4.69, 9.17) is 0 Å². The van der Waals surface area contributed by atoms with Gasteiger partial charge in [-0.1, -0.05) is 24.6 Å². The van der Waals surface area contributed by atoms with Gasteiger partial charge in [-0.05, 0) is 30.2 Å². The Kier molecular flexibility index (Phi) is 4.41. The molecule has 0 atom stereocenters. The Hall–Kier alpha value is -1.90. The number of nitrogens with one attached hydrogen (secondary N) is 1. The van der Waals surface area contributed by atoms with Crippen molar-refractivity contribution < 1.29 is 4.79 Å². The van der Waals surface area contributed by atoms with E-state index < -0.39 is 0 Å². The second-order valence-corrected chi connectivity index (χ2v) is 6.42. The molecule has 1 aliphatic rings. The summed E-state index contributed by atoms with van der Waals surface area (Å²) in [6.45, 7) is 1.89. The van der Waals surface area contributed by atoms with E-state index in [-0.39, 0.29) is 11.7 Å². The zero-order valence-electron chi connectivity index (χ0n) is 12.7. The van der Waals surface area contributed by atoms with E-state index in [9.17, 15) is 4.79 Å². The SMILES string of the molecule is Cc1cc(NC(=O)CSc2nnnn2C2CCCC2)n(C)n1. The van der Waals surface area contributed by atoms with Crippen molar-refractivity contribution in [3.8, 4) is 0 Å². The fourth-order valence-electron chi connectivity index (χ4n) is 2.70. The number of carbonyl (C=O) groups is 1. The molecule has 3 rings (SSSR count). The van der Waals surface area contributed by atoms with E-state index in [1.807, 2.05) is 17.7 Å². The van der Waals surface area contributed by atoms with Crippen molar-refractivity contribution in [1.29, 1.82) is 0 Å². The molecule has 0 radical (unpaired) electrons. The molecule has 1 aliphatic carbocycles. The maximum absolute atomic E-state index is 12.1. The Balaban J connectivity index is 1.57. The smallest absolute Gasteiger partial charge is 0.235 e. The number of thioether (sulfide) groups is 1. The van der Waals surface area contributed by atoms with Gasteiger partial charge in [-0.3, -0.25) is 9.48 Å². The fraction of sp³-hybridized carbons (Fsp3) is 0.615. The predicted molar refractivity (Wildman–Crippen MR) is 82.6 cm³/mol. The number of tetrazole rings is 1. The van der Waals surface area contributed by atoms with Crippen molar-refractivity contribution in [3.05, 3.63) is 11.8 Å². The van der Waals surface area contributed by atoms with Crippen molar-refractivity contribution in [3.63, 3.8) is 0 Å². The lowest BCUT2D eigenvalue weighted by molar-refractivity contribution is -0.113. The summed E-state index contributed by atoms with van der Waals surface area (Å²) in [6, 6.07) is 2.21. The Bertz CT molecular complexity index is 659. The summed E-state index contributed by atoms with van der Waals surface area (Å²) < 4.78 is 3.51. The van der Waals surface area contributed by atoms with E-state index in [0.717, 1.165) is 18.5 Å². The summed E-state index contributed by atoms with van der Waals surface area (Å²) in [5.41, 5.74) is 0.871. The number of aryl methyl sites for hydroxylation is 2. The highest BCUT2D eigenvalue weighted by Gasteiger charge is 2.22. The molecular weight excluding hydrogens is 302 g/mol. The molecule has 0 aromatic carbocycles. The Morgan fingerprint density at radius 3 is 2.91 bits per heavy atom. The highest BCUT2D eigenvalue weighted by Crippen LogP contribution is 2.31. The van der Waals surface area contributed by atoms with E-state index in [2.05, 4.69) is 25.9 Å². The number of nitrogens with zero attached hydrogens (tertiary/aromatic N) is 6. The summed E-state index contributed by atoms with van der Waals surface area (Å²) in [5.74, 6) is 0.879. The van der Waals surface area contributed by atoms with Gasteiger partial charge >= 0.3 is 0 Å². The molecule has 2 aromatic rings. The molecule has 1 fully saturated rings. The molecule has 0 saturated heterocycles. The van der Waals surface area contributed by atoms with Crippen LogP contribution in [0, 0.1) is 6.92 Å². The second-order valence-electron chi connectivity index (χ2n) is 5.48. The number of hydrogen-bond donors (Lipinski definition) is 1. The molecule has 2 heterocycles. The molecule has 2 aromatic heterocycles. The highest BCUT2D eigenvalue weighted by atomic mass is 32.2. The number of hydrogen-bond acceptors (Lipinski definition) is 6. The van der Waals surface area contributed by atoms with Gasteiger partial charge in [-0.25, -0.2) is 4.68 Å². The van der Waals surface area contributed by atoms with Crippen LogP contribution in [0.25, 0.3) is 0 Å². The lowest BCUT2D eigenvalue weighted by Gasteiger charge is -2.10. The number of rotatable bonds is 5. The number of amides is 1. The molecule has 1 saturated carbocycles. The molecule has 8 nitrogen and oxygen atoms in total. The normalized spacial score (nSPS) is 15.4. The lowest BCUT2D eigenvalue weighted by Crippen LogP contribution is -2.17. The first-order valence-corrected chi connectivity index (χ1v) is 8.33. The Labute approximate surface area is 132 Å². The number of anilines is 1. The third-order valence-electron chi connectivity index (χ3n) is 3.74. The van der Waals surface area contributed by atoms with Crippen LogP contribution in [0.15, 0.2) is 11.2 Å². The summed E-state index contributed by atoms with van der Waals surface area (Å²) >= 11 is 1.37. The quantitative estimate of drug-likeness (QED) is 0.841. The van der Waals surface area contributed by atoms with Crippen LogP contribution in [-0.4, -0.2) is 41.6 Å². The maximum Gasteiger partial charge on any atom is 0.235 e. The summed E-state index contributed by atoms with van der Waals surface area (Å²) in [5, 5.41) is 19.6. The minimum atomic E-state index is -0.0889. The van der Waals surface area contributed by atoms with Crippen LogP contribution in [0.3, 0.4) is 0 Å². The van der Waals surface area contributed by atoms with Gasteiger partial charge in [-0.15, -0.1) is 5.10 Å². The van der Waals surface area contributed by atoms with Gasteiger partial charge in [0.1, 0.15) is 5.82 Å². The standard InChI is InChI=1S/C13H19N7OS/c1-9-7-11(19(2)16-9)14-12(21)8-22-13-15-17-18-20(13)10-5-3-4-6-10/h7,10H,3-6,8H2,1-2H3,(H,14,21). The highest BCUT2D eigenvalue weighted by molar-refractivity contribution is 7.99. The van der Waals surface area contributed by atoms with Gasteiger partial charge in [0.2, 0.25) is 11.1 Å². The van der Waals surface area contributed by atoms with Gasteiger partial charge in [0, 0.05) is 13.1 Å². The molecule has 1 N–H and O–H groups in total. The number of carbonyl (C=O) groups excluding carboxylic acids is 1. The van der Waals surface area contributed by atoms with Gasteiger partial charge < -0.3 is 5.32 Å². The van der Waals surface area contributed by atoms with Crippen LogP contribution in [0.5, 0.6) is 0 Å². The van der Waals surface area contributed by atoms with E-state index in [0.29, 0.717) is 17.0 Å². The Morgan fingerprint density at radius 2 is 2.23 bits per heavy atom. The second kappa shape index (κ2) is 6.47. The Morgan fingerprint density at radius 1 is 1.45 bits per heavy atom. The van der Waals surface area contributed by atoms with Crippen molar-refractivity contribution in [2.75, 3.05) is 11.1 Å². The number of aromatic nitrogens is 6. The first-order valence-electron chi connectivity index (χ1n) is 7.34. The monoisotopic (exact) mass is 321 g/mol. The van der Waals surface area contributed by atoms with E-state index >= 15 is 0 Å². The first-order chi connectivity index (χ1) is 10.6. The summed E-state index contributed by atoms with van der Waals surface area (Å²) in [6.07, 6.45) is 4.65. The fourth-order valence-corrected chi connectivity index (χ4v) is 3.44. The molecule has 0 aliphatic heterocycles. The molecule has 118 valence electrons. The van der Waals surface area contributed by atoms with Gasteiger partial charge in [0.05, 0.1) is 17.5 Å². The molecule has 0 spiro atoms. The van der Waals surface area contributed by atoms with E-state index in [1.54, 1.807) is 11.7 Å². The van der Waals surface area contributed by atoms with Crippen LogP contribution in [0.1, 0.15) is 37.4 Å². The minimum Gasteiger partial charge on any atom is -0.310 e. The largest absolute Gasteiger partial charge is 0.310 e. The molecule has 9 heteroatoms. The van der Waals surface area contributed by atoms with Crippen molar-refractivity contribution >= 4 is 23.5 Å². The van der Waals surface area contributed by atoms with Gasteiger partial charge in [0.15, 0.2) is 0 Å². The first kappa shape index (κ1) is 15.0. The van der Waals surface area contributed by atoms with Crippen molar-refractivity contribution in [1.82, 2.24) is 30.0 Å². The lowest BCUT2D eigenvalue weighted by atomic mass is 10.3. The molecule has 22 heavy (non-hydrogen) atoms. The van der Waals surface area contributed by atoms with Crippen molar-refractivity contribution in [2.45, 2.75) is 43.8 Å². The molecule has 1 amide bonds. The molecule has 0 unspecified atom stereocenters. The van der Waals surface area contributed by atoms with Crippen LogP contribution >= 0.6 is 11.8 Å². The summed E-state index contributed by atoms with van der Waals surface area (Å²) in [4.78, 5) is 12.1. The molecule has 0 bridgehead atoms. The van der Waals surface area contributed by atoms with Gasteiger partial charge in [-0.2, -0.15) is 5.10 Å². The predicted octanol–water partition coefficient (Wildman–Crippen LogP) is 1.56. The van der Waals surface area contributed by atoms with E-state index in [1.165, 1.54) is 24.6 Å². The van der Waals surface area contributed by atoms with Crippen LogP contribution in [-0.2, 0) is 11.8 Å². The topological polar surface area (TPSA) is 90.5 Å². The molecular formula is C13H19N7OS. The maximum atomic E-state index is 12.1. The minimum absolute atomic E-state index is 0.0889. The average molecular weight is 321 g/mol. The van der Waals surface area contributed by atoms with Gasteiger partial charge in [0.25, 0.3) is 0 Å². The average Bonchev–Trinajstić information content (AvgIpc) is 3.18. The summed E-state index contributed by atoms with van der Waals surface area (Å²) in [7, 11) is 1.80. The van der Waals surface area contributed by atoms with Crippen LogP contribution < -0.4 is 5.32 Å². The van der Waals surface area contributed by atoms with Crippen molar-refractivity contribution in [2.24, 2.45) is 7.05 Å². The zero-order valence-corrected chi connectivity index (χ0v) is 13.5. The van der Waals surface area contributed by atoms with Crippen LogP contribution in [0.4, 0.5) is 5.82 Å².